The van der Waals surface area contributed by atoms with Crippen LogP contribution in [0.4, 0.5) is 17.2 Å². The van der Waals surface area contributed by atoms with Crippen molar-refractivity contribution >= 4 is 62.3 Å². The van der Waals surface area contributed by atoms with E-state index in [4.69, 9.17) is 17.3 Å². The number of nitrogens with one attached hydrogen (secondary N) is 2. The number of pyridine rings is 1. The van der Waals surface area contributed by atoms with Gasteiger partial charge >= 0.3 is 0 Å². The first-order chi connectivity index (χ1) is 18.3. The first-order valence-corrected chi connectivity index (χ1v) is 12.7. The van der Waals surface area contributed by atoms with Gasteiger partial charge in [-0.25, -0.2) is 4.98 Å². The number of aromatic nitrogens is 2. The summed E-state index contributed by atoms with van der Waals surface area (Å²) in [5.74, 6) is 0.206. The maximum Gasteiger partial charge on any atom is 0.274 e. The number of alkyl halides is 1. The number of hydrogen-bond donors (Lipinski definition) is 4. The number of benzene rings is 3. The Bertz CT molecular complexity index is 1750. The van der Waals surface area contributed by atoms with Gasteiger partial charge in [0.1, 0.15) is 17.3 Å². The van der Waals surface area contributed by atoms with Gasteiger partial charge in [-0.3, -0.25) is 9.59 Å². The molecule has 1 unspecified atom stereocenters. The second-order valence-electron chi connectivity index (χ2n) is 9.51. The molecule has 38 heavy (non-hydrogen) atoms. The molecule has 2 aromatic heterocycles. The van der Waals surface area contributed by atoms with E-state index in [9.17, 15) is 14.7 Å². The molecule has 2 amide bonds. The van der Waals surface area contributed by atoms with Crippen LogP contribution in [0, 0.1) is 6.92 Å². The van der Waals surface area contributed by atoms with E-state index in [0.717, 1.165) is 27.3 Å². The van der Waals surface area contributed by atoms with Crippen molar-refractivity contribution in [3.63, 3.8) is 0 Å². The van der Waals surface area contributed by atoms with E-state index in [1.807, 2.05) is 25.1 Å². The number of H-pyrrole nitrogens is 1. The van der Waals surface area contributed by atoms with Crippen LogP contribution in [0.15, 0.2) is 66.9 Å². The summed E-state index contributed by atoms with van der Waals surface area (Å²) >= 11 is 6.36. The predicted molar refractivity (Wildman–Crippen MR) is 150 cm³/mol. The highest BCUT2D eigenvalue weighted by atomic mass is 35.5. The van der Waals surface area contributed by atoms with E-state index < -0.39 is 0 Å². The van der Waals surface area contributed by atoms with E-state index in [2.05, 4.69) is 15.3 Å². The number of phenolic OH excluding ortho intramolecular Hbond substituents is 1. The van der Waals surface area contributed by atoms with Crippen molar-refractivity contribution in [1.29, 1.82) is 0 Å². The molecule has 1 aliphatic rings. The Morgan fingerprint density at radius 2 is 1.97 bits per heavy atom. The summed E-state index contributed by atoms with van der Waals surface area (Å²) in [6, 6.07) is 17.5. The van der Waals surface area contributed by atoms with Crippen LogP contribution in [-0.2, 0) is 0 Å². The van der Waals surface area contributed by atoms with Crippen LogP contribution in [0.3, 0.4) is 0 Å². The van der Waals surface area contributed by atoms with Crippen LogP contribution in [0.25, 0.3) is 21.7 Å². The van der Waals surface area contributed by atoms with Gasteiger partial charge in [0.15, 0.2) is 0 Å². The van der Waals surface area contributed by atoms with Gasteiger partial charge in [0.25, 0.3) is 11.8 Å². The average molecular weight is 526 g/mol. The SMILES string of the molecule is Cc1cccc2c(O)cc3c(c12)C(CCl)CN3C(=O)c1cc2cc(NC(=O)c3ccc(N)cc3)ncc2[nH]1. The number of aryl methyl sites for hydroxylation is 1. The highest BCUT2D eigenvalue weighted by Gasteiger charge is 2.35. The molecule has 0 saturated heterocycles. The zero-order chi connectivity index (χ0) is 26.6. The van der Waals surface area contributed by atoms with Crippen LogP contribution in [0.2, 0.25) is 0 Å². The minimum Gasteiger partial charge on any atom is -0.507 e. The fourth-order valence-corrected chi connectivity index (χ4v) is 5.45. The minimum absolute atomic E-state index is 0.0685. The van der Waals surface area contributed by atoms with Gasteiger partial charge < -0.3 is 26.0 Å². The highest BCUT2D eigenvalue weighted by molar-refractivity contribution is 6.19. The molecule has 0 spiro atoms. The maximum absolute atomic E-state index is 13.7. The number of carbonyl (C=O) groups is 2. The number of rotatable bonds is 4. The monoisotopic (exact) mass is 525 g/mol. The molecule has 0 radical (unpaired) electrons. The van der Waals surface area contributed by atoms with Crippen LogP contribution < -0.4 is 16.0 Å². The zero-order valence-electron chi connectivity index (χ0n) is 20.5. The number of amides is 2. The molecule has 0 saturated carbocycles. The second kappa shape index (κ2) is 9.08. The molecule has 190 valence electrons. The van der Waals surface area contributed by atoms with Crippen LogP contribution >= 0.6 is 11.6 Å². The number of anilines is 3. The summed E-state index contributed by atoms with van der Waals surface area (Å²) in [6.45, 7) is 2.40. The summed E-state index contributed by atoms with van der Waals surface area (Å²) in [5, 5.41) is 16.0. The largest absolute Gasteiger partial charge is 0.507 e. The number of nitrogens with two attached hydrogens (primary N) is 1. The summed E-state index contributed by atoms with van der Waals surface area (Å²) in [7, 11) is 0. The van der Waals surface area contributed by atoms with Crippen molar-refractivity contribution in [1.82, 2.24) is 9.97 Å². The van der Waals surface area contributed by atoms with Crippen molar-refractivity contribution < 1.29 is 14.7 Å². The van der Waals surface area contributed by atoms with Crippen molar-refractivity contribution in [2.24, 2.45) is 0 Å². The lowest BCUT2D eigenvalue weighted by atomic mass is 9.92. The first kappa shape index (κ1) is 23.8. The maximum atomic E-state index is 13.7. The van der Waals surface area contributed by atoms with Gasteiger partial charge in [-0.2, -0.15) is 0 Å². The predicted octanol–water partition coefficient (Wildman–Crippen LogP) is 5.55. The summed E-state index contributed by atoms with van der Waals surface area (Å²) in [4.78, 5) is 35.4. The number of phenols is 1. The Morgan fingerprint density at radius 3 is 2.74 bits per heavy atom. The number of hydrogen-bond acceptors (Lipinski definition) is 5. The quantitative estimate of drug-likeness (QED) is 0.181. The lowest BCUT2D eigenvalue weighted by Crippen LogP contribution is -2.30. The molecule has 6 rings (SSSR count). The summed E-state index contributed by atoms with van der Waals surface area (Å²) < 4.78 is 0. The lowest BCUT2D eigenvalue weighted by Gasteiger charge is -2.18. The van der Waals surface area contributed by atoms with E-state index in [-0.39, 0.29) is 23.5 Å². The Labute approximate surface area is 223 Å². The van der Waals surface area contributed by atoms with Gasteiger partial charge in [0.05, 0.1) is 17.4 Å². The highest BCUT2D eigenvalue weighted by Crippen LogP contribution is 2.46. The van der Waals surface area contributed by atoms with Gasteiger partial charge in [-0.15, -0.1) is 11.6 Å². The Hall–Kier alpha value is -4.56. The molecule has 5 aromatic rings. The number of aromatic hydroxyl groups is 1. The van der Waals surface area contributed by atoms with E-state index in [1.54, 1.807) is 53.6 Å². The van der Waals surface area contributed by atoms with E-state index in [1.165, 1.54) is 0 Å². The normalized spacial score (nSPS) is 14.7. The fourth-order valence-electron chi connectivity index (χ4n) is 5.20. The Balaban J connectivity index is 1.33. The Morgan fingerprint density at radius 1 is 1.18 bits per heavy atom. The van der Waals surface area contributed by atoms with Crippen LogP contribution in [0.1, 0.15) is 37.9 Å². The molecule has 5 N–H and O–H groups in total. The molecular weight excluding hydrogens is 502 g/mol. The van der Waals surface area contributed by atoms with Crippen molar-refractivity contribution in [2.75, 3.05) is 28.4 Å². The third-order valence-electron chi connectivity index (χ3n) is 7.05. The number of aromatic amines is 1. The molecule has 8 nitrogen and oxygen atoms in total. The molecule has 0 aliphatic carbocycles. The molecule has 3 heterocycles. The number of nitrogens with zero attached hydrogens (tertiary/aromatic N) is 2. The molecule has 1 atom stereocenters. The molecular formula is C29H24ClN5O3. The van der Waals surface area contributed by atoms with E-state index in [0.29, 0.717) is 46.4 Å². The van der Waals surface area contributed by atoms with Crippen molar-refractivity contribution in [2.45, 2.75) is 12.8 Å². The van der Waals surface area contributed by atoms with Gasteiger partial charge in [0.2, 0.25) is 0 Å². The zero-order valence-corrected chi connectivity index (χ0v) is 21.2. The molecule has 0 fully saturated rings. The van der Waals surface area contributed by atoms with Gasteiger partial charge in [-0.1, -0.05) is 18.2 Å². The summed E-state index contributed by atoms with van der Waals surface area (Å²) in [6.07, 6.45) is 1.58. The first-order valence-electron chi connectivity index (χ1n) is 12.1. The standard InChI is InChI=1S/C29H24ClN5O3/c1-15-3-2-4-20-24(36)11-23-27(26(15)20)18(12-30)14-35(23)29(38)21-9-17-10-25(32-13-22(17)33-21)34-28(37)16-5-7-19(31)8-6-16/h2-11,13,18,33,36H,12,14,31H2,1H3,(H,32,34,37). The summed E-state index contributed by atoms with van der Waals surface area (Å²) in [5.41, 5.74) is 10.4. The number of carbonyl (C=O) groups excluding carboxylic acids is 2. The molecule has 3 aromatic carbocycles. The van der Waals surface area contributed by atoms with Crippen molar-refractivity contribution in [3.8, 4) is 5.75 Å². The molecule has 1 aliphatic heterocycles. The van der Waals surface area contributed by atoms with Gasteiger partial charge in [0, 0.05) is 46.4 Å². The minimum atomic E-state index is -0.313. The topological polar surface area (TPSA) is 124 Å². The van der Waals surface area contributed by atoms with Crippen LogP contribution in [0.5, 0.6) is 5.75 Å². The third kappa shape index (κ3) is 3.90. The molecule has 9 heteroatoms. The van der Waals surface area contributed by atoms with Crippen molar-refractivity contribution in [3.05, 3.63) is 89.2 Å². The number of halogens is 1. The van der Waals surface area contributed by atoms with E-state index >= 15 is 0 Å². The number of nitrogen functional groups attached to an aromatic ring is 1. The smallest absolute Gasteiger partial charge is 0.274 e. The molecule has 0 bridgehead atoms. The average Bonchev–Trinajstić information content (AvgIpc) is 3.50. The van der Waals surface area contributed by atoms with Gasteiger partial charge in [-0.05, 0) is 59.8 Å². The fraction of sp³-hybridized carbons (Fsp3) is 0.138. The Kier molecular flexibility index (Phi) is 5.69. The second-order valence-corrected chi connectivity index (χ2v) is 9.82. The third-order valence-corrected chi connectivity index (χ3v) is 7.42. The van der Waals surface area contributed by atoms with Crippen LogP contribution in [-0.4, -0.2) is 39.3 Å². The lowest BCUT2D eigenvalue weighted by molar-refractivity contribution is 0.0983. The number of fused-ring (bicyclic) bond motifs is 4.